The van der Waals surface area contributed by atoms with Gasteiger partial charge in [0.1, 0.15) is 5.82 Å². The van der Waals surface area contributed by atoms with E-state index in [1.807, 2.05) is 36.2 Å². The number of hydrogen-bond acceptors (Lipinski definition) is 3. The van der Waals surface area contributed by atoms with E-state index >= 15 is 0 Å². The van der Waals surface area contributed by atoms with Gasteiger partial charge in [0.25, 0.3) is 0 Å². The lowest BCUT2D eigenvalue weighted by atomic mass is 10.2. The number of anilines is 2. The van der Waals surface area contributed by atoms with Gasteiger partial charge in [-0.25, -0.2) is 4.39 Å². The van der Waals surface area contributed by atoms with Gasteiger partial charge in [-0.15, -0.1) is 10.2 Å². The summed E-state index contributed by atoms with van der Waals surface area (Å²) in [4.78, 5) is 1.85. The Kier molecular flexibility index (Phi) is 3.24. The first-order valence-electron chi connectivity index (χ1n) is 6.07. The van der Waals surface area contributed by atoms with Crippen molar-refractivity contribution in [2.45, 2.75) is 0 Å². The van der Waals surface area contributed by atoms with E-state index in [-0.39, 0.29) is 5.82 Å². The van der Waals surface area contributed by atoms with Crippen LogP contribution >= 0.6 is 11.6 Å². The van der Waals surface area contributed by atoms with Crippen LogP contribution in [0.2, 0.25) is 5.15 Å². The molecule has 0 unspecified atom stereocenters. The minimum absolute atomic E-state index is 0.269. The Morgan fingerprint density at radius 3 is 2.30 bits per heavy atom. The normalized spacial score (nSPS) is 10.8. The minimum atomic E-state index is -0.269. The van der Waals surface area contributed by atoms with Crippen molar-refractivity contribution < 1.29 is 4.39 Å². The van der Waals surface area contributed by atoms with Crippen molar-refractivity contribution in [2.24, 2.45) is 0 Å². The number of aromatic nitrogens is 2. The number of nitrogens with zero attached hydrogens (tertiary/aromatic N) is 3. The van der Waals surface area contributed by atoms with Gasteiger partial charge in [0.05, 0.1) is 0 Å². The summed E-state index contributed by atoms with van der Waals surface area (Å²) in [7, 11) is 1.86. The molecule has 0 radical (unpaired) electrons. The maximum atomic E-state index is 13.0. The van der Waals surface area contributed by atoms with Crippen LogP contribution in [0.5, 0.6) is 0 Å². The number of hydrogen-bond donors (Lipinski definition) is 0. The largest absolute Gasteiger partial charge is 0.327 e. The summed E-state index contributed by atoms with van der Waals surface area (Å²) < 4.78 is 13.0. The summed E-state index contributed by atoms with van der Waals surface area (Å²) in [5.74, 6) is 0.408. The molecule has 1 heterocycles. The topological polar surface area (TPSA) is 29.0 Å². The number of fused-ring (bicyclic) bond motifs is 1. The molecule has 3 rings (SSSR count). The molecule has 0 bridgehead atoms. The van der Waals surface area contributed by atoms with Gasteiger partial charge in [-0.05, 0) is 24.3 Å². The Labute approximate surface area is 120 Å². The smallest absolute Gasteiger partial charge is 0.163 e. The zero-order chi connectivity index (χ0) is 14.1. The third kappa shape index (κ3) is 2.18. The second-order valence-electron chi connectivity index (χ2n) is 4.40. The lowest BCUT2D eigenvalue weighted by Gasteiger charge is -2.19. The fraction of sp³-hybridized carbons (Fsp3) is 0.0667. The summed E-state index contributed by atoms with van der Waals surface area (Å²) in [5, 5.41) is 10.2. The molecule has 0 aliphatic rings. The van der Waals surface area contributed by atoms with E-state index in [9.17, 15) is 4.39 Å². The molecule has 3 aromatic rings. The second-order valence-corrected chi connectivity index (χ2v) is 4.75. The fourth-order valence-corrected chi connectivity index (χ4v) is 2.29. The molecule has 0 aliphatic carbocycles. The van der Waals surface area contributed by atoms with Crippen LogP contribution in [-0.4, -0.2) is 17.2 Å². The SMILES string of the molecule is CN(c1ccc(F)cc1)c1nnc(Cl)c2ccccc12. The van der Waals surface area contributed by atoms with Gasteiger partial charge in [0.2, 0.25) is 0 Å². The van der Waals surface area contributed by atoms with E-state index < -0.39 is 0 Å². The zero-order valence-corrected chi connectivity index (χ0v) is 11.5. The predicted molar refractivity (Wildman–Crippen MR) is 79.0 cm³/mol. The van der Waals surface area contributed by atoms with Crippen LogP contribution in [0.15, 0.2) is 48.5 Å². The summed E-state index contributed by atoms with van der Waals surface area (Å²) in [6, 6.07) is 13.9. The van der Waals surface area contributed by atoms with Crippen LogP contribution in [0.1, 0.15) is 0 Å². The molecule has 0 spiro atoms. The average molecular weight is 288 g/mol. The fourth-order valence-electron chi connectivity index (χ4n) is 2.09. The van der Waals surface area contributed by atoms with Crippen LogP contribution in [0.4, 0.5) is 15.9 Å². The van der Waals surface area contributed by atoms with E-state index in [0.717, 1.165) is 16.5 Å². The highest BCUT2D eigenvalue weighted by atomic mass is 35.5. The van der Waals surface area contributed by atoms with Crippen LogP contribution in [0.3, 0.4) is 0 Å². The highest BCUT2D eigenvalue weighted by molar-refractivity contribution is 6.34. The molecular weight excluding hydrogens is 277 g/mol. The van der Waals surface area contributed by atoms with Crippen molar-refractivity contribution in [3.05, 3.63) is 59.5 Å². The van der Waals surface area contributed by atoms with Gasteiger partial charge in [-0.2, -0.15) is 0 Å². The Bertz CT molecular complexity index is 759. The zero-order valence-electron chi connectivity index (χ0n) is 10.7. The van der Waals surface area contributed by atoms with Gasteiger partial charge in [0, 0.05) is 23.5 Å². The van der Waals surface area contributed by atoms with E-state index in [4.69, 9.17) is 11.6 Å². The molecule has 0 fully saturated rings. The molecule has 0 N–H and O–H groups in total. The molecule has 0 saturated carbocycles. The summed E-state index contributed by atoms with van der Waals surface area (Å²) in [6.45, 7) is 0. The first-order valence-corrected chi connectivity index (χ1v) is 6.45. The average Bonchev–Trinajstić information content (AvgIpc) is 2.48. The van der Waals surface area contributed by atoms with E-state index in [2.05, 4.69) is 10.2 Å². The summed E-state index contributed by atoms with van der Waals surface area (Å²) in [5.41, 5.74) is 0.827. The molecule has 1 aromatic heterocycles. The summed E-state index contributed by atoms with van der Waals surface area (Å²) >= 11 is 6.06. The van der Waals surface area contributed by atoms with E-state index in [0.29, 0.717) is 11.0 Å². The third-order valence-electron chi connectivity index (χ3n) is 3.15. The molecule has 20 heavy (non-hydrogen) atoms. The van der Waals surface area contributed by atoms with Gasteiger partial charge in [0.15, 0.2) is 11.0 Å². The predicted octanol–water partition coefficient (Wildman–Crippen LogP) is 4.19. The van der Waals surface area contributed by atoms with Gasteiger partial charge in [-0.1, -0.05) is 35.9 Å². The molecule has 0 aliphatic heterocycles. The monoisotopic (exact) mass is 287 g/mol. The number of halogens is 2. The minimum Gasteiger partial charge on any atom is -0.327 e. The van der Waals surface area contributed by atoms with E-state index in [1.54, 1.807) is 12.1 Å². The van der Waals surface area contributed by atoms with Crippen molar-refractivity contribution in [2.75, 3.05) is 11.9 Å². The quantitative estimate of drug-likeness (QED) is 0.708. The van der Waals surface area contributed by atoms with Gasteiger partial charge >= 0.3 is 0 Å². The van der Waals surface area contributed by atoms with Gasteiger partial charge in [-0.3, -0.25) is 0 Å². The summed E-state index contributed by atoms with van der Waals surface area (Å²) in [6.07, 6.45) is 0. The Balaban J connectivity index is 2.14. The third-order valence-corrected chi connectivity index (χ3v) is 3.43. The lowest BCUT2D eigenvalue weighted by molar-refractivity contribution is 0.628. The number of rotatable bonds is 2. The molecule has 0 saturated heterocycles. The molecule has 0 atom stereocenters. The van der Waals surface area contributed by atoms with Crippen molar-refractivity contribution in [3.63, 3.8) is 0 Å². The van der Waals surface area contributed by atoms with Crippen molar-refractivity contribution in [1.29, 1.82) is 0 Å². The van der Waals surface area contributed by atoms with Crippen LogP contribution in [0.25, 0.3) is 10.8 Å². The number of benzene rings is 2. The Morgan fingerprint density at radius 2 is 1.60 bits per heavy atom. The first-order chi connectivity index (χ1) is 9.66. The molecule has 0 amide bonds. The molecule has 100 valence electrons. The Morgan fingerprint density at radius 1 is 0.950 bits per heavy atom. The molecule has 2 aromatic carbocycles. The first kappa shape index (κ1) is 12.8. The Hall–Kier alpha value is -2.20. The highest BCUT2D eigenvalue weighted by Gasteiger charge is 2.12. The van der Waals surface area contributed by atoms with Crippen LogP contribution in [-0.2, 0) is 0 Å². The second kappa shape index (κ2) is 5.06. The van der Waals surface area contributed by atoms with Crippen LogP contribution < -0.4 is 4.90 Å². The van der Waals surface area contributed by atoms with E-state index in [1.165, 1.54) is 12.1 Å². The van der Waals surface area contributed by atoms with Gasteiger partial charge < -0.3 is 4.90 Å². The lowest BCUT2D eigenvalue weighted by Crippen LogP contribution is -2.12. The maximum absolute atomic E-state index is 13.0. The van der Waals surface area contributed by atoms with Crippen molar-refractivity contribution in [1.82, 2.24) is 10.2 Å². The van der Waals surface area contributed by atoms with Crippen molar-refractivity contribution >= 4 is 33.9 Å². The highest BCUT2D eigenvalue weighted by Crippen LogP contribution is 2.31. The molecule has 5 heteroatoms. The standard InChI is InChI=1S/C15H11ClFN3/c1-20(11-8-6-10(17)7-9-11)15-13-5-3-2-4-12(13)14(16)18-19-15/h2-9H,1H3. The maximum Gasteiger partial charge on any atom is 0.163 e. The molecular formula is C15H11ClFN3. The molecule has 3 nitrogen and oxygen atoms in total. The van der Waals surface area contributed by atoms with Crippen molar-refractivity contribution in [3.8, 4) is 0 Å². The van der Waals surface area contributed by atoms with Crippen LogP contribution in [0, 0.1) is 5.82 Å².